The lowest BCUT2D eigenvalue weighted by Gasteiger charge is -2.10. The summed E-state index contributed by atoms with van der Waals surface area (Å²) in [6, 6.07) is 10.9. The lowest BCUT2D eigenvalue weighted by atomic mass is 10.1. The molecule has 0 fully saturated rings. The maximum absolute atomic E-state index is 13.7. The molecule has 0 spiro atoms. The maximum Gasteiger partial charge on any atom is 0.222 e. The summed E-state index contributed by atoms with van der Waals surface area (Å²) in [7, 11) is 0. The number of nitrogens with zero attached hydrogens (tertiary/aromatic N) is 1. The molecule has 2 rings (SSSR count). The van der Waals surface area contributed by atoms with Gasteiger partial charge in [-0.15, -0.1) is 0 Å². The number of benzene rings is 1. The highest BCUT2D eigenvalue weighted by Gasteiger charge is 2.13. The Labute approximate surface area is 103 Å². The van der Waals surface area contributed by atoms with Crippen LogP contribution in [0.15, 0.2) is 36.5 Å². The highest BCUT2D eigenvalue weighted by atomic mass is 35.5. The van der Waals surface area contributed by atoms with Crippen LogP contribution in [0.1, 0.15) is 0 Å². The molecule has 0 aliphatic heterocycles. The number of halogens is 2. The summed E-state index contributed by atoms with van der Waals surface area (Å²) in [6.07, 6.45) is 6.50. The van der Waals surface area contributed by atoms with Gasteiger partial charge in [0.25, 0.3) is 0 Å². The molecule has 0 atom stereocenters. The average molecular weight is 247 g/mol. The maximum atomic E-state index is 13.7. The summed E-state index contributed by atoms with van der Waals surface area (Å²) in [4.78, 5) is 3.59. The lowest BCUT2D eigenvalue weighted by Crippen LogP contribution is -1.95. The molecular weight excluding hydrogens is 239 g/mol. The fourth-order valence-corrected chi connectivity index (χ4v) is 1.78. The minimum Gasteiger partial charge on any atom is -0.315 e. The second-order valence-electron chi connectivity index (χ2n) is 3.27. The van der Waals surface area contributed by atoms with Gasteiger partial charge in [-0.25, -0.2) is 4.98 Å². The number of hydrogen-bond donors (Lipinski definition) is 1. The van der Waals surface area contributed by atoms with Crippen molar-refractivity contribution in [2.45, 2.75) is 0 Å². The second-order valence-corrected chi connectivity index (χ2v) is 3.68. The van der Waals surface area contributed by atoms with E-state index in [1.165, 1.54) is 12.3 Å². The fraction of sp³-hybridized carbons (Fsp3) is 0. The molecule has 2 aromatic rings. The van der Waals surface area contributed by atoms with Crippen LogP contribution in [-0.2, 0) is 0 Å². The predicted octanol–water partition coefficient (Wildman–Crippen LogP) is 3.54. The van der Waals surface area contributed by atoms with Crippen LogP contribution in [0.5, 0.6) is 0 Å². The van der Waals surface area contributed by atoms with Crippen molar-refractivity contribution in [1.29, 1.82) is 0 Å². The van der Waals surface area contributed by atoms with Crippen LogP contribution in [0.3, 0.4) is 0 Å². The zero-order valence-corrected chi connectivity index (χ0v) is 9.50. The third kappa shape index (κ3) is 2.22. The minimum atomic E-state index is -0.622. The molecule has 0 saturated heterocycles. The molecule has 0 aliphatic rings. The summed E-state index contributed by atoms with van der Waals surface area (Å²) in [5.74, 6) is -0.622. The van der Waals surface area contributed by atoms with Gasteiger partial charge in [-0.1, -0.05) is 36.2 Å². The summed E-state index contributed by atoms with van der Waals surface area (Å²) < 4.78 is 13.7. The van der Waals surface area contributed by atoms with E-state index in [1.807, 2.05) is 0 Å². The Morgan fingerprint density at radius 3 is 2.76 bits per heavy atom. The fourth-order valence-electron chi connectivity index (χ4n) is 1.54. The Hall–Kier alpha value is -2.05. The van der Waals surface area contributed by atoms with Gasteiger partial charge in [-0.05, 0) is 12.1 Å². The summed E-state index contributed by atoms with van der Waals surface area (Å²) in [6.45, 7) is 0. The Bertz CT molecular complexity index is 570. The van der Waals surface area contributed by atoms with Crippen molar-refractivity contribution in [3.63, 3.8) is 0 Å². The van der Waals surface area contributed by atoms with E-state index in [1.54, 1.807) is 24.3 Å². The zero-order chi connectivity index (χ0) is 12.3. The molecule has 0 aliphatic carbocycles. The normalized spacial score (nSPS) is 9.71. The molecule has 84 valence electrons. The highest BCUT2D eigenvalue weighted by Crippen LogP contribution is 2.34. The van der Waals surface area contributed by atoms with Crippen LogP contribution in [0.25, 0.3) is 11.1 Å². The van der Waals surface area contributed by atoms with Crippen molar-refractivity contribution in [2.24, 2.45) is 0 Å². The Morgan fingerprint density at radius 1 is 1.29 bits per heavy atom. The number of nitrogens with one attached hydrogen (secondary N) is 1. The number of para-hydroxylation sites is 1. The standard InChI is InChI=1S/C13H8ClFN2/c1-2-16-11-6-4-3-5-9(11)12-10(14)7-8-17-13(12)15/h1,3-8,16H. The monoisotopic (exact) mass is 246 g/mol. The molecule has 4 heteroatoms. The van der Waals surface area contributed by atoms with Crippen molar-refractivity contribution < 1.29 is 4.39 Å². The molecule has 1 aromatic carbocycles. The van der Waals surface area contributed by atoms with E-state index in [0.29, 0.717) is 16.3 Å². The number of aromatic nitrogens is 1. The van der Waals surface area contributed by atoms with Crippen molar-refractivity contribution in [3.05, 3.63) is 47.5 Å². The van der Waals surface area contributed by atoms with Crippen LogP contribution in [-0.4, -0.2) is 4.98 Å². The number of terminal acetylenes is 1. The topological polar surface area (TPSA) is 24.9 Å². The van der Waals surface area contributed by atoms with Gasteiger partial charge < -0.3 is 5.32 Å². The van der Waals surface area contributed by atoms with Crippen LogP contribution < -0.4 is 5.32 Å². The molecule has 1 N–H and O–H groups in total. The van der Waals surface area contributed by atoms with E-state index in [9.17, 15) is 4.39 Å². The van der Waals surface area contributed by atoms with E-state index < -0.39 is 5.95 Å². The predicted molar refractivity (Wildman–Crippen MR) is 67.1 cm³/mol. The van der Waals surface area contributed by atoms with Gasteiger partial charge in [0.2, 0.25) is 5.95 Å². The van der Waals surface area contributed by atoms with Crippen LogP contribution in [0.2, 0.25) is 5.02 Å². The van der Waals surface area contributed by atoms with Gasteiger partial charge in [0.05, 0.1) is 16.3 Å². The Kier molecular flexibility index (Phi) is 3.27. The van der Waals surface area contributed by atoms with E-state index in [4.69, 9.17) is 18.0 Å². The highest BCUT2D eigenvalue weighted by molar-refractivity contribution is 6.33. The summed E-state index contributed by atoms with van der Waals surface area (Å²) >= 11 is 5.98. The van der Waals surface area contributed by atoms with E-state index in [-0.39, 0.29) is 5.56 Å². The summed E-state index contributed by atoms with van der Waals surface area (Å²) in [5.41, 5.74) is 1.44. The molecule has 0 bridgehead atoms. The van der Waals surface area contributed by atoms with E-state index >= 15 is 0 Å². The summed E-state index contributed by atoms with van der Waals surface area (Å²) in [5, 5.41) is 3.00. The first-order chi connectivity index (χ1) is 8.24. The van der Waals surface area contributed by atoms with E-state index in [0.717, 1.165) is 0 Å². The SMILES string of the molecule is C#CNc1ccccc1-c1c(Cl)ccnc1F. The van der Waals surface area contributed by atoms with Crippen molar-refractivity contribution in [3.8, 4) is 23.6 Å². The molecule has 0 amide bonds. The molecule has 0 radical (unpaired) electrons. The first-order valence-electron chi connectivity index (χ1n) is 4.85. The molecule has 1 aromatic heterocycles. The number of rotatable bonds is 2. The van der Waals surface area contributed by atoms with Crippen molar-refractivity contribution in [2.75, 3.05) is 5.32 Å². The minimum absolute atomic E-state index is 0.243. The molecular formula is C13H8ClFN2. The van der Waals surface area contributed by atoms with Crippen LogP contribution in [0.4, 0.5) is 10.1 Å². The Morgan fingerprint density at radius 2 is 2.06 bits per heavy atom. The third-order valence-electron chi connectivity index (χ3n) is 2.26. The molecule has 1 heterocycles. The van der Waals surface area contributed by atoms with Gasteiger partial charge >= 0.3 is 0 Å². The van der Waals surface area contributed by atoms with Gasteiger partial charge in [0.15, 0.2) is 0 Å². The first kappa shape index (κ1) is 11.4. The van der Waals surface area contributed by atoms with Gasteiger partial charge in [0.1, 0.15) is 0 Å². The second kappa shape index (κ2) is 4.86. The smallest absolute Gasteiger partial charge is 0.222 e. The van der Waals surface area contributed by atoms with Gasteiger partial charge in [-0.3, -0.25) is 0 Å². The Balaban J connectivity index is 2.65. The zero-order valence-electron chi connectivity index (χ0n) is 8.74. The van der Waals surface area contributed by atoms with Crippen molar-refractivity contribution in [1.82, 2.24) is 4.98 Å². The largest absolute Gasteiger partial charge is 0.315 e. The average Bonchev–Trinajstić information content (AvgIpc) is 2.31. The molecule has 0 unspecified atom stereocenters. The van der Waals surface area contributed by atoms with Crippen molar-refractivity contribution >= 4 is 17.3 Å². The number of anilines is 1. The molecule has 0 saturated carbocycles. The molecule has 2 nitrogen and oxygen atoms in total. The van der Waals surface area contributed by atoms with Crippen LogP contribution >= 0.6 is 11.6 Å². The van der Waals surface area contributed by atoms with Gasteiger partial charge in [0, 0.05) is 17.8 Å². The third-order valence-corrected chi connectivity index (χ3v) is 2.57. The van der Waals surface area contributed by atoms with Gasteiger partial charge in [-0.2, -0.15) is 4.39 Å². The lowest BCUT2D eigenvalue weighted by molar-refractivity contribution is 0.588. The van der Waals surface area contributed by atoms with E-state index in [2.05, 4.69) is 16.3 Å². The quantitative estimate of drug-likeness (QED) is 0.498. The number of hydrogen-bond acceptors (Lipinski definition) is 2. The first-order valence-corrected chi connectivity index (χ1v) is 5.23. The number of pyridine rings is 1. The molecule has 17 heavy (non-hydrogen) atoms. The van der Waals surface area contributed by atoms with Crippen LogP contribution in [0, 0.1) is 18.4 Å².